The second-order valence-corrected chi connectivity index (χ2v) is 4.65. The summed E-state index contributed by atoms with van der Waals surface area (Å²) in [6, 6.07) is 9.62. The molecule has 0 amide bonds. The van der Waals surface area contributed by atoms with E-state index in [1.807, 2.05) is 30.3 Å². The summed E-state index contributed by atoms with van der Waals surface area (Å²) in [5, 5.41) is 18.0. The fraction of sp³-hybridized carbons (Fsp3) is 0.429. The van der Waals surface area contributed by atoms with Crippen LogP contribution in [-0.4, -0.2) is 11.4 Å². The van der Waals surface area contributed by atoms with Crippen molar-refractivity contribution in [3.63, 3.8) is 0 Å². The predicted octanol–water partition coefficient (Wildman–Crippen LogP) is 3.85. The van der Waals surface area contributed by atoms with Gasteiger partial charge in [-0.3, -0.25) is 5.43 Å². The van der Waals surface area contributed by atoms with Crippen molar-refractivity contribution in [1.29, 1.82) is 0 Å². The van der Waals surface area contributed by atoms with Crippen molar-refractivity contribution >= 4 is 17.1 Å². The maximum absolute atomic E-state index is 10.8. The Bertz CT molecular complexity index is 410. The van der Waals surface area contributed by atoms with Gasteiger partial charge in [0.1, 0.15) is 0 Å². The van der Waals surface area contributed by atoms with Gasteiger partial charge in [-0.15, -0.1) is 0 Å². The molecule has 0 spiro atoms. The lowest BCUT2D eigenvalue weighted by molar-refractivity contribution is 0.604. The first-order valence-corrected chi connectivity index (χ1v) is 6.18. The van der Waals surface area contributed by atoms with Gasteiger partial charge in [-0.2, -0.15) is 5.10 Å². The van der Waals surface area contributed by atoms with Crippen LogP contribution in [0.5, 0.6) is 0 Å². The van der Waals surface area contributed by atoms with Gasteiger partial charge in [0.25, 0.3) is 0 Å². The third-order valence-electron chi connectivity index (χ3n) is 2.61. The zero-order valence-corrected chi connectivity index (χ0v) is 11.2. The second kappa shape index (κ2) is 7.48. The summed E-state index contributed by atoms with van der Waals surface area (Å²) >= 11 is 0. The molecule has 1 aromatic rings. The fourth-order valence-electron chi connectivity index (χ4n) is 1.44. The molecule has 0 aliphatic rings. The van der Waals surface area contributed by atoms with E-state index in [9.17, 15) is 5.21 Å². The molecule has 4 nitrogen and oxygen atoms in total. The molecule has 0 heterocycles. The topological polar surface area (TPSA) is 59.8 Å². The zero-order chi connectivity index (χ0) is 13.4. The fourth-order valence-corrected chi connectivity index (χ4v) is 1.44. The summed E-state index contributed by atoms with van der Waals surface area (Å²) in [6.07, 6.45) is 1.62. The zero-order valence-electron chi connectivity index (χ0n) is 11.2. The Labute approximate surface area is 108 Å². The minimum Gasteiger partial charge on any atom is -0.792 e. The lowest BCUT2D eigenvalue weighted by Gasteiger charge is -2.10. The largest absolute Gasteiger partial charge is 0.792 e. The van der Waals surface area contributed by atoms with Crippen molar-refractivity contribution in [2.24, 2.45) is 16.2 Å². The molecule has 0 unspecified atom stereocenters. The van der Waals surface area contributed by atoms with Gasteiger partial charge in [-0.25, -0.2) is 0 Å². The van der Waals surface area contributed by atoms with E-state index in [4.69, 9.17) is 0 Å². The van der Waals surface area contributed by atoms with Gasteiger partial charge < -0.3 is 10.4 Å². The summed E-state index contributed by atoms with van der Waals surface area (Å²) in [5.41, 5.74) is 4.98. The molecule has 0 atom stereocenters. The molecule has 0 aromatic heterocycles. The molecule has 0 radical (unpaired) electrons. The number of nitrogens with one attached hydrogen (secondary N) is 1. The van der Waals surface area contributed by atoms with E-state index in [-0.39, 0.29) is 0 Å². The number of benzene rings is 1. The Balaban J connectivity index is 2.58. The molecule has 1 aromatic carbocycles. The van der Waals surface area contributed by atoms with Gasteiger partial charge in [-0.05, 0) is 37.8 Å². The highest BCUT2D eigenvalue weighted by atomic mass is 16.4. The standard InChI is InChI=1S/C14H21N3O/c1-11(2)9-10-14(17-18)12(3)15-16-13-7-5-4-6-8-13/h4-8,11,16,18H,9-10H2,1-3H3/p-1/b15-12+,17-14-. The molecular formula is C14H20N3O-. The Morgan fingerprint density at radius 1 is 1.28 bits per heavy atom. The second-order valence-electron chi connectivity index (χ2n) is 4.65. The third-order valence-corrected chi connectivity index (χ3v) is 2.61. The van der Waals surface area contributed by atoms with Crippen LogP contribution < -0.4 is 5.43 Å². The number of anilines is 1. The molecule has 0 aliphatic carbocycles. The van der Waals surface area contributed by atoms with Gasteiger partial charge in [0, 0.05) is 0 Å². The van der Waals surface area contributed by atoms with Gasteiger partial charge in [0.15, 0.2) is 0 Å². The summed E-state index contributed by atoms with van der Waals surface area (Å²) in [7, 11) is 0. The Kier molecular flexibility index (Phi) is 5.91. The van der Waals surface area contributed by atoms with Gasteiger partial charge in [-0.1, -0.05) is 32.0 Å². The summed E-state index contributed by atoms with van der Waals surface area (Å²) in [5.74, 6) is 0.552. The molecule has 98 valence electrons. The van der Waals surface area contributed by atoms with E-state index in [2.05, 4.69) is 29.5 Å². The van der Waals surface area contributed by atoms with Crippen LogP contribution in [0.25, 0.3) is 0 Å². The van der Waals surface area contributed by atoms with E-state index in [1.165, 1.54) is 0 Å². The molecule has 1 rings (SSSR count). The minimum atomic E-state index is 0.520. The maximum Gasteiger partial charge on any atom is 0.0782 e. The van der Waals surface area contributed by atoms with Crippen molar-refractivity contribution in [3.05, 3.63) is 35.5 Å². The van der Waals surface area contributed by atoms with E-state index in [0.717, 1.165) is 12.1 Å². The lowest BCUT2D eigenvalue weighted by Crippen LogP contribution is -2.13. The molecule has 18 heavy (non-hydrogen) atoms. The SMILES string of the molecule is CC(=N\Nc1ccccc1)/C(CCC(C)C)=N\[O-]. The molecule has 0 aliphatic heterocycles. The highest BCUT2D eigenvalue weighted by Crippen LogP contribution is 2.08. The quantitative estimate of drug-likeness (QED) is 0.612. The van der Waals surface area contributed by atoms with E-state index in [1.54, 1.807) is 6.92 Å². The summed E-state index contributed by atoms with van der Waals surface area (Å²) in [4.78, 5) is 0. The highest BCUT2D eigenvalue weighted by Gasteiger charge is 2.04. The van der Waals surface area contributed by atoms with Crippen LogP contribution in [0.2, 0.25) is 0 Å². The first-order valence-electron chi connectivity index (χ1n) is 6.18. The van der Waals surface area contributed by atoms with Crippen LogP contribution in [0.1, 0.15) is 33.6 Å². The van der Waals surface area contributed by atoms with Gasteiger partial charge in [0.2, 0.25) is 0 Å². The van der Waals surface area contributed by atoms with E-state index >= 15 is 0 Å². The van der Waals surface area contributed by atoms with Crippen molar-refractivity contribution in [2.45, 2.75) is 33.6 Å². The van der Waals surface area contributed by atoms with Crippen LogP contribution in [0.15, 0.2) is 40.6 Å². The Hall–Kier alpha value is -1.84. The number of hydrogen-bond acceptors (Lipinski definition) is 4. The Morgan fingerprint density at radius 2 is 1.94 bits per heavy atom. The Morgan fingerprint density at radius 3 is 2.50 bits per heavy atom. The molecule has 0 bridgehead atoms. The van der Waals surface area contributed by atoms with E-state index < -0.39 is 0 Å². The van der Waals surface area contributed by atoms with Crippen LogP contribution in [0, 0.1) is 11.1 Å². The number of hydrogen-bond donors (Lipinski definition) is 1. The lowest BCUT2D eigenvalue weighted by atomic mass is 10.0. The van der Waals surface area contributed by atoms with Crippen LogP contribution >= 0.6 is 0 Å². The molecule has 0 saturated heterocycles. The number of para-hydroxylation sites is 1. The minimum absolute atomic E-state index is 0.520. The van der Waals surface area contributed by atoms with Crippen LogP contribution in [-0.2, 0) is 0 Å². The van der Waals surface area contributed by atoms with Crippen LogP contribution in [0.3, 0.4) is 0 Å². The summed E-state index contributed by atoms with van der Waals surface area (Å²) < 4.78 is 0. The molecule has 1 N–H and O–H groups in total. The van der Waals surface area contributed by atoms with Gasteiger partial charge in [0.05, 0.1) is 17.1 Å². The number of hydrazone groups is 1. The molecule has 0 saturated carbocycles. The first kappa shape index (κ1) is 14.2. The van der Waals surface area contributed by atoms with E-state index in [0.29, 0.717) is 23.8 Å². The highest BCUT2D eigenvalue weighted by molar-refractivity contribution is 6.41. The molecular weight excluding hydrogens is 226 g/mol. The average molecular weight is 246 g/mol. The molecule has 4 heteroatoms. The smallest absolute Gasteiger partial charge is 0.0782 e. The van der Waals surface area contributed by atoms with Crippen molar-refractivity contribution < 1.29 is 0 Å². The van der Waals surface area contributed by atoms with Crippen molar-refractivity contribution in [2.75, 3.05) is 5.43 Å². The predicted molar refractivity (Wildman–Crippen MR) is 78.0 cm³/mol. The van der Waals surface area contributed by atoms with Gasteiger partial charge >= 0.3 is 0 Å². The number of nitrogens with zero attached hydrogens (tertiary/aromatic N) is 2. The van der Waals surface area contributed by atoms with Crippen molar-refractivity contribution in [1.82, 2.24) is 0 Å². The third kappa shape index (κ3) is 4.99. The summed E-state index contributed by atoms with van der Waals surface area (Å²) in [6.45, 7) is 6.04. The van der Waals surface area contributed by atoms with Crippen molar-refractivity contribution in [3.8, 4) is 0 Å². The average Bonchev–Trinajstić information content (AvgIpc) is 2.38. The first-order chi connectivity index (χ1) is 8.63. The maximum atomic E-state index is 10.8. The molecule has 0 fully saturated rings. The van der Waals surface area contributed by atoms with Crippen LogP contribution in [0.4, 0.5) is 5.69 Å². The number of rotatable bonds is 6. The normalized spacial score (nSPS) is 12.9. The monoisotopic (exact) mass is 246 g/mol.